The second-order valence-electron chi connectivity index (χ2n) is 6.58. The van der Waals surface area contributed by atoms with Gasteiger partial charge in [0.2, 0.25) is 0 Å². The Morgan fingerprint density at radius 2 is 1.91 bits per heavy atom. The van der Waals surface area contributed by atoms with E-state index in [0.29, 0.717) is 17.0 Å². The standard InChI is InChI=1S/C22H20F2N2O6/c1-25-21(29)18-12-26(16-4-2-3-5-17(16)32-18)19(27)13-30-20(28)11-8-14-6-9-15(10-7-14)31-22(23)24/h2-11,18,22H,12-13H2,1H3,(H,25,29)/b11-8+. The molecule has 3 rings (SSSR count). The van der Waals surface area contributed by atoms with Crippen molar-refractivity contribution in [3.63, 3.8) is 0 Å². The average molecular weight is 446 g/mol. The van der Waals surface area contributed by atoms with Gasteiger partial charge in [0.25, 0.3) is 11.8 Å². The van der Waals surface area contributed by atoms with Gasteiger partial charge < -0.3 is 24.4 Å². The molecular formula is C22H20F2N2O6. The van der Waals surface area contributed by atoms with Gasteiger partial charge in [-0.15, -0.1) is 0 Å². The Hall–Kier alpha value is -3.95. The minimum absolute atomic E-state index is 0.00817. The molecule has 1 N–H and O–H groups in total. The van der Waals surface area contributed by atoms with Gasteiger partial charge in [-0.3, -0.25) is 9.59 Å². The molecule has 10 heteroatoms. The highest BCUT2D eigenvalue weighted by Crippen LogP contribution is 2.33. The number of carbonyl (C=O) groups excluding carboxylic acids is 3. The predicted octanol–water partition coefficient (Wildman–Crippen LogP) is 2.38. The van der Waals surface area contributed by atoms with Gasteiger partial charge in [0, 0.05) is 13.1 Å². The molecule has 0 spiro atoms. The first kappa shape index (κ1) is 22.7. The first-order valence-electron chi connectivity index (χ1n) is 9.54. The maximum Gasteiger partial charge on any atom is 0.387 e. The molecule has 0 fully saturated rings. The van der Waals surface area contributed by atoms with Crippen molar-refractivity contribution in [3.05, 3.63) is 60.2 Å². The van der Waals surface area contributed by atoms with Crippen molar-refractivity contribution in [1.82, 2.24) is 5.32 Å². The van der Waals surface area contributed by atoms with Gasteiger partial charge in [0.1, 0.15) is 11.5 Å². The Kier molecular flexibility index (Phi) is 7.37. The second-order valence-corrected chi connectivity index (χ2v) is 6.58. The molecule has 168 valence electrons. The lowest BCUT2D eigenvalue weighted by Gasteiger charge is -2.33. The van der Waals surface area contributed by atoms with Crippen LogP contribution in [0.25, 0.3) is 6.08 Å². The van der Waals surface area contributed by atoms with E-state index in [1.54, 1.807) is 24.3 Å². The minimum Gasteiger partial charge on any atom is -0.477 e. The highest BCUT2D eigenvalue weighted by Gasteiger charge is 2.33. The topological polar surface area (TPSA) is 94.2 Å². The molecule has 1 aliphatic heterocycles. The monoisotopic (exact) mass is 446 g/mol. The van der Waals surface area contributed by atoms with Crippen LogP contribution >= 0.6 is 0 Å². The Bertz CT molecular complexity index is 1010. The van der Waals surface area contributed by atoms with E-state index < -0.39 is 31.2 Å². The van der Waals surface area contributed by atoms with E-state index in [1.165, 1.54) is 42.3 Å². The lowest BCUT2D eigenvalue weighted by atomic mass is 10.1. The number of ether oxygens (including phenoxy) is 3. The number of likely N-dealkylation sites (N-methyl/N-ethyl adjacent to an activating group) is 1. The van der Waals surface area contributed by atoms with Gasteiger partial charge in [0.05, 0.1) is 12.2 Å². The van der Waals surface area contributed by atoms with Crippen LogP contribution in [0.3, 0.4) is 0 Å². The van der Waals surface area contributed by atoms with Gasteiger partial charge >= 0.3 is 12.6 Å². The highest BCUT2D eigenvalue weighted by molar-refractivity contribution is 5.99. The van der Waals surface area contributed by atoms with Crippen molar-refractivity contribution in [1.29, 1.82) is 0 Å². The van der Waals surface area contributed by atoms with Crippen molar-refractivity contribution in [3.8, 4) is 11.5 Å². The zero-order valence-corrected chi connectivity index (χ0v) is 17.0. The van der Waals surface area contributed by atoms with Crippen LogP contribution in [0.15, 0.2) is 54.6 Å². The zero-order valence-electron chi connectivity index (χ0n) is 17.0. The number of halogens is 2. The summed E-state index contributed by atoms with van der Waals surface area (Å²) in [5, 5.41) is 2.48. The van der Waals surface area contributed by atoms with Crippen molar-refractivity contribution < 1.29 is 37.4 Å². The molecule has 0 bridgehead atoms. The van der Waals surface area contributed by atoms with Crippen molar-refractivity contribution in [2.45, 2.75) is 12.7 Å². The first-order valence-corrected chi connectivity index (χ1v) is 9.54. The van der Waals surface area contributed by atoms with Crippen LogP contribution in [0.1, 0.15) is 5.56 Å². The summed E-state index contributed by atoms with van der Waals surface area (Å²) < 4.78 is 39.2. The summed E-state index contributed by atoms with van der Waals surface area (Å²) in [5.74, 6) is -1.32. The summed E-state index contributed by atoms with van der Waals surface area (Å²) in [5.41, 5.74) is 1.01. The van der Waals surface area contributed by atoms with Crippen LogP contribution in [0.5, 0.6) is 11.5 Å². The summed E-state index contributed by atoms with van der Waals surface area (Å²) in [6.45, 7) is -3.50. The van der Waals surface area contributed by atoms with Crippen LogP contribution in [-0.2, 0) is 19.1 Å². The number of benzene rings is 2. The van der Waals surface area contributed by atoms with Crippen LogP contribution < -0.4 is 19.7 Å². The number of esters is 1. The quantitative estimate of drug-likeness (QED) is 0.519. The van der Waals surface area contributed by atoms with Crippen molar-refractivity contribution >= 4 is 29.5 Å². The Labute approximate surface area is 182 Å². The van der Waals surface area contributed by atoms with Gasteiger partial charge in [-0.25, -0.2) is 4.79 Å². The van der Waals surface area contributed by atoms with E-state index in [9.17, 15) is 23.2 Å². The van der Waals surface area contributed by atoms with Gasteiger partial charge in [-0.2, -0.15) is 8.78 Å². The normalized spacial score (nSPS) is 15.1. The van der Waals surface area contributed by atoms with Crippen LogP contribution in [0, 0.1) is 0 Å². The maximum atomic E-state index is 12.7. The molecule has 0 saturated carbocycles. The molecular weight excluding hydrogens is 426 g/mol. The Morgan fingerprint density at radius 3 is 2.59 bits per heavy atom. The fraction of sp³-hybridized carbons (Fsp3) is 0.227. The van der Waals surface area contributed by atoms with Crippen molar-refractivity contribution in [2.24, 2.45) is 0 Å². The molecule has 8 nitrogen and oxygen atoms in total. The number of amides is 2. The molecule has 0 radical (unpaired) electrons. The predicted molar refractivity (Wildman–Crippen MR) is 110 cm³/mol. The largest absolute Gasteiger partial charge is 0.477 e. The molecule has 1 heterocycles. The number of anilines is 1. The zero-order chi connectivity index (χ0) is 23.1. The van der Waals surface area contributed by atoms with E-state index in [-0.39, 0.29) is 18.2 Å². The third-order valence-corrected chi connectivity index (χ3v) is 4.47. The van der Waals surface area contributed by atoms with E-state index in [0.717, 1.165) is 6.08 Å². The van der Waals surface area contributed by atoms with E-state index in [4.69, 9.17) is 9.47 Å². The number of carbonyl (C=O) groups is 3. The SMILES string of the molecule is CNC(=O)C1CN(C(=O)COC(=O)/C=C/c2ccc(OC(F)F)cc2)c2ccccc2O1. The third-order valence-electron chi connectivity index (χ3n) is 4.47. The van der Waals surface area contributed by atoms with Gasteiger partial charge in [0.15, 0.2) is 12.7 Å². The number of alkyl halides is 2. The molecule has 0 aliphatic carbocycles. The lowest BCUT2D eigenvalue weighted by molar-refractivity contribution is -0.143. The van der Waals surface area contributed by atoms with Gasteiger partial charge in [-0.1, -0.05) is 24.3 Å². The summed E-state index contributed by atoms with van der Waals surface area (Å²) in [6, 6.07) is 12.4. The number of para-hydroxylation sites is 2. The summed E-state index contributed by atoms with van der Waals surface area (Å²) in [7, 11) is 1.46. The Morgan fingerprint density at radius 1 is 1.19 bits per heavy atom. The molecule has 0 aromatic heterocycles. The fourth-order valence-electron chi connectivity index (χ4n) is 2.95. The molecule has 0 saturated heterocycles. The number of fused-ring (bicyclic) bond motifs is 1. The second kappa shape index (κ2) is 10.4. The number of hydrogen-bond acceptors (Lipinski definition) is 6. The molecule has 1 aliphatic rings. The summed E-state index contributed by atoms with van der Waals surface area (Å²) in [4.78, 5) is 38.0. The number of hydrogen-bond donors (Lipinski definition) is 1. The third kappa shape index (κ3) is 5.81. The molecule has 32 heavy (non-hydrogen) atoms. The molecule has 2 aromatic rings. The first-order chi connectivity index (χ1) is 15.4. The Balaban J connectivity index is 1.59. The summed E-state index contributed by atoms with van der Waals surface area (Å²) in [6.07, 6.45) is 1.62. The lowest BCUT2D eigenvalue weighted by Crippen LogP contribution is -2.51. The van der Waals surface area contributed by atoms with E-state index in [1.807, 2.05) is 0 Å². The number of nitrogens with one attached hydrogen (secondary N) is 1. The fourth-order valence-corrected chi connectivity index (χ4v) is 2.95. The smallest absolute Gasteiger partial charge is 0.387 e. The van der Waals surface area contributed by atoms with Gasteiger partial charge in [-0.05, 0) is 35.9 Å². The highest BCUT2D eigenvalue weighted by atomic mass is 19.3. The number of nitrogens with zero attached hydrogens (tertiary/aromatic N) is 1. The van der Waals surface area contributed by atoms with Crippen molar-refractivity contribution in [2.75, 3.05) is 25.1 Å². The van der Waals surface area contributed by atoms with E-state index in [2.05, 4.69) is 10.1 Å². The van der Waals surface area contributed by atoms with E-state index >= 15 is 0 Å². The van der Waals surface area contributed by atoms with Crippen LogP contribution in [0.4, 0.5) is 14.5 Å². The maximum absolute atomic E-state index is 12.7. The van der Waals surface area contributed by atoms with Crippen LogP contribution in [0.2, 0.25) is 0 Å². The number of rotatable bonds is 7. The summed E-state index contributed by atoms with van der Waals surface area (Å²) >= 11 is 0. The average Bonchev–Trinajstić information content (AvgIpc) is 2.80. The minimum atomic E-state index is -2.92. The van der Waals surface area contributed by atoms with Crippen LogP contribution in [-0.4, -0.2) is 50.7 Å². The molecule has 2 aromatic carbocycles. The molecule has 1 unspecified atom stereocenters. The molecule has 1 atom stereocenters. The molecule has 2 amide bonds.